The molecule has 1 atom stereocenters. The minimum Gasteiger partial charge on any atom is -0.496 e. The number of benzene rings is 1. The van der Waals surface area contributed by atoms with Crippen LogP contribution in [0.25, 0.3) is 0 Å². The summed E-state index contributed by atoms with van der Waals surface area (Å²) < 4.78 is 17.8. The quantitative estimate of drug-likeness (QED) is 0.849. The molecule has 0 saturated heterocycles. The van der Waals surface area contributed by atoms with Crippen LogP contribution in [0, 0.1) is 5.82 Å². The molecule has 0 radical (unpaired) electrons. The van der Waals surface area contributed by atoms with Gasteiger partial charge in [-0.2, -0.15) is 0 Å². The fraction of sp³-hybridized carbons (Fsp3) is 0.400. The number of nitrogens with two attached hydrogens (primary N) is 1. The summed E-state index contributed by atoms with van der Waals surface area (Å²) in [6.07, 6.45) is 0.808. The van der Waals surface area contributed by atoms with E-state index in [1.165, 1.54) is 19.2 Å². The summed E-state index contributed by atoms with van der Waals surface area (Å²) in [6, 6.07) is 4.33. The van der Waals surface area contributed by atoms with Crippen molar-refractivity contribution in [2.24, 2.45) is 5.73 Å². The third-order valence-corrected chi connectivity index (χ3v) is 2.03. The van der Waals surface area contributed by atoms with Crippen molar-refractivity contribution >= 4 is 12.4 Å². The molecule has 2 N–H and O–H groups in total. The molecular weight excluding hydrogens is 205 g/mol. The predicted octanol–water partition coefficient (Wildman–Crippen LogP) is 2.67. The van der Waals surface area contributed by atoms with Gasteiger partial charge in [0.1, 0.15) is 11.6 Å². The van der Waals surface area contributed by atoms with Gasteiger partial charge in [-0.3, -0.25) is 0 Å². The minimum absolute atomic E-state index is 0. The van der Waals surface area contributed by atoms with Crippen LogP contribution in [0.4, 0.5) is 4.39 Å². The molecular formula is C10H15ClFNO. The summed E-state index contributed by atoms with van der Waals surface area (Å²) in [5, 5.41) is 0. The first-order valence-electron chi connectivity index (χ1n) is 4.28. The van der Waals surface area contributed by atoms with E-state index in [-0.39, 0.29) is 24.3 Å². The van der Waals surface area contributed by atoms with Crippen LogP contribution >= 0.6 is 12.4 Å². The van der Waals surface area contributed by atoms with Gasteiger partial charge < -0.3 is 10.5 Å². The summed E-state index contributed by atoms with van der Waals surface area (Å²) in [4.78, 5) is 0. The Hall–Kier alpha value is -0.800. The summed E-state index contributed by atoms with van der Waals surface area (Å²) in [5.74, 6) is 0.221. The maximum atomic E-state index is 12.8. The van der Waals surface area contributed by atoms with Crippen LogP contribution in [0.2, 0.25) is 0 Å². The molecule has 0 saturated carbocycles. The van der Waals surface area contributed by atoms with Crippen LogP contribution in [-0.2, 0) is 0 Å². The molecule has 0 aliphatic heterocycles. The van der Waals surface area contributed by atoms with E-state index >= 15 is 0 Å². The zero-order valence-electron chi connectivity index (χ0n) is 8.29. The highest BCUT2D eigenvalue weighted by molar-refractivity contribution is 5.85. The lowest BCUT2D eigenvalue weighted by Gasteiger charge is -2.13. The molecule has 0 fully saturated rings. The van der Waals surface area contributed by atoms with Crippen LogP contribution in [0.3, 0.4) is 0 Å². The van der Waals surface area contributed by atoms with Crippen LogP contribution in [0.5, 0.6) is 5.75 Å². The second-order valence-electron chi connectivity index (χ2n) is 2.90. The third kappa shape index (κ3) is 2.86. The van der Waals surface area contributed by atoms with E-state index in [0.717, 1.165) is 12.0 Å². The van der Waals surface area contributed by atoms with Crippen LogP contribution in [-0.4, -0.2) is 7.11 Å². The molecule has 2 nitrogen and oxygen atoms in total. The second-order valence-corrected chi connectivity index (χ2v) is 2.90. The van der Waals surface area contributed by atoms with E-state index < -0.39 is 0 Å². The number of rotatable bonds is 3. The van der Waals surface area contributed by atoms with Crippen molar-refractivity contribution in [2.75, 3.05) is 7.11 Å². The number of ether oxygens (including phenoxy) is 1. The van der Waals surface area contributed by atoms with Gasteiger partial charge in [-0.25, -0.2) is 4.39 Å². The van der Waals surface area contributed by atoms with Crippen molar-refractivity contribution in [1.29, 1.82) is 0 Å². The number of hydrogen-bond acceptors (Lipinski definition) is 2. The molecule has 0 aromatic heterocycles. The predicted molar refractivity (Wildman–Crippen MR) is 57.4 cm³/mol. The molecule has 0 amide bonds. The van der Waals surface area contributed by atoms with Crippen molar-refractivity contribution in [2.45, 2.75) is 19.4 Å². The van der Waals surface area contributed by atoms with Gasteiger partial charge >= 0.3 is 0 Å². The Bertz CT molecular complexity index is 293. The molecule has 4 heteroatoms. The molecule has 80 valence electrons. The molecule has 1 aromatic carbocycles. The Morgan fingerprint density at radius 1 is 1.50 bits per heavy atom. The lowest BCUT2D eigenvalue weighted by molar-refractivity contribution is 0.401. The zero-order chi connectivity index (χ0) is 9.84. The average Bonchev–Trinajstić information content (AvgIpc) is 2.16. The summed E-state index contributed by atoms with van der Waals surface area (Å²) in [7, 11) is 1.51. The molecule has 1 aromatic rings. The van der Waals surface area contributed by atoms with E-state index in [0.29, 0.717) is 5.75 Å². The number of hydrogen-bond donors (Lipinski definition) is 1. The molecule has 0 aliphatic rings. The van der Waals surface area contributed by atoms with Gasteiger partial charge in [-0.05, 0) is 12.5 Å². The summed E-state index contributed by atoms with van der Waals surface area (Å²) >= 11 is 0. The largest absolute Gasteiger partial charge is 0.496 e. The maximum Gasteiger partial charge on any atom is 0.126 e. The molecule has 14 heavy (non-hydrogen) atoms. The van der Waals surface area contributed by atoms with Crippen molar-refractivity contribution < 1.29 is 9.13 Å². The highest BCUT2D eigenvalue weighted by Crippen LogP contribution is 2.25. The fourth-order valence-corrected chi connectivity index (χ4v) is 1.21. The first kappa shape index (κ1) is 13.2. The maximum absolute atomic E-state index is 12.8. The van der Waals surface area contributed by atoms with Gasteiger partial charge in [0.05, 0.1) is 7.11 Å². The van der Waals surface area contributed by atoms with Gasteiger partial charge in [-0.15, -0.1) is 12.4 Å². The van der Waals surface area contributed by atoms with Crippen LogP contribution < -0.4 is 10.5 Å². The summed E-state index contributed by atoms with van der Waals surface area (Å²) in [5.41, 5.74) is 6.67. The smallest absolute Gasteiger partial charge is 0.126 e. The molecule has 0 unspecified atom stereocenters. The highest BCUT2D eigenvalue weighted by Gasteiger charge is 2.10. The van der Waals surface area contributed by atoms with Gasteiger partial charge in [0.25, 0.3) is 0 Å². The molecule has 0 spiro atoms. The van der Waals surface area contributed by atoms with E-state index in [2.05, 4.69) is 0 Å². The highest BCUT2D eigenvalue weighted by atomic mass is 35.5. The molecule has 1 rings (SSSR count). The van der Waals surface area contributed by atoms with Crippen molar-refractivity contribution in [3.8, 4) is 5.75 Å². The van der Waals surface area contributed by atoms with Crippen molar-refractivity contribution in [3.05, 3.63) is 29.6 Å². The fourth-order valence-electron chi connectivity index (χ4n) is 1.21. The standard InChI is InChI=1S/C10H14FNO.ClH/c1-3-9(12)8-5-4-7(11)6-10(8)13-2;/h4-6,9H,3,12H2,1-2H3;1H/t9-;/m1./s1. The zero-order valence-corrected chi connectivity index (χ0v) is 9.10. The normalized spacial score (nSPS) is 11.7. The lowest BCUT2D eigenvalue weighted by Crippen LogP contribution is -2.10. The Balaban J connectivity index is 0.00000169. The molecule has 0 aliphatic carbocycles. The van der Waals surface area contributed by atoms with Gasteiger partial charge in [-0.1, -0.05) is 13.0 Å². The van der Waals surface area contributed by atoms with E-state index in [4.69, 9.17) is 10.5 Å². The Labute approximate surface area is 89.7 Å². The van der Waals surface area contributed by atoms with Crippen molar-refractivity contribution in [1.82, 2.24) is 0 Å². The first-order chi connectivity index (χ1) is 6.19. The van der Waals surface area contributed by atoms with Gasteiger partial charge in [0.15, 0.2) is 0 Å². The van der Waals surface area contributed by atoms with Crippen LogP contribution in [0.15, 0.2) is 18.2 Å². The lowest BCUT2D eigenvalue weighted by atomic mass is 10.0. The SMILES string of the molecule is CC[C@@H](N)c1ccc(F)cc1OC.Cl. The van der Waals surface area contributed by atoms with E-state index in [1.54, 1.807) is 6.07 Å². The Kier molecular flexibility index (Phi) is 5.50. The number of methoxy groups -OCH3 is 1. The Morgan fingerprint density at radius 3 is 2.64 bits per heavy atom. The summed E-state index contributed by atoms with van der Waals surface area (Å²) in [6.45, 7) is 1.98. The second kappa shape index (κ2) is 5.83. The van der Waals surface area contributed by atoms with Gasteiger partial charge in [0, 0.05) is 17.7 Å². The Morgan fingerprint density at radius 2 is 2.14 bits per heavy atom. The van der Waals surface area contributed by atoms with Crippen molar-refractivity contribution in [3.63, 3.8) is 0 Å². The average molecular weight is 220 g/mol. The third-order valence-electron chi connectivity index (χ3n) is 2.03. The van der Waals surface area contributed by atoms with E-state index in [1.807, 2.05) is 6.92 Å². The van der Waals surface area contributed by atoms with Crippen LogP contribution in [0.1, 0.15) is 24.9 Å². The topological polar surface area (TPSA) is 35.2 Å². The monoisotopic (exact) mass is 219 g/mol. The van der Waals surface area contributed by atoms with Gasteiger partial charge in [0.2, 0.25) is 0 Å². The number of halogens is 2. The van der Waals surface area contributed by atoms with E-state index in [9.17, 15) is 4.39 Å². The minimum atomic E-state index is -0.302. The molecule has 0 heterocycles. The first-order valence-corrected chi connectivity index (χ1v) is 4.28. The molecule has 0 bridgehead atoms.